The van der Waals surface area contributed by atoms with Gasteiger partial charge in [-0.05, 0) is 42.4 Å². The molecule has 0 bridgehead atoms. The summed E-state index contributed by atoms with van der Waals surface area (Å²) in [5, 5.41) is 8.27. The van der Waals surface area contributed by atoms with Crippen LogP contribution in [0.3, 0.4) is 0 Å². The van der Waals surface area contributed by atoms with E-state index in [2.05, 4.69) is 36.2 Å². The molecule has 3 rings (SSSR count). The van der Waals surface area contributed by atoms with Crippen molar-refractivity contribution in [2.24, 2.45) is 16.8 Å². The quantitative estimate of drug-likeness (QED) is 0.855. The van der Waals surface area contributed by atoms with E-state index >= 15 is 0 Å². The van der Waals surface area contributed by atoms with Crippen molar-refractivity contribution in [2.75, 3.05) is 6.54 Å². The molecule has 0 aliphatic carbocycles. The zero-order chi connectivity index (χ0) is 13.9. The molecule has 20 heavy (non-hydrogen) atoms. The summed E-state index contributed by atoms with van der Waals surface area (Å²) < 4.78 is 0. The van der Waals surface area contributed by atoms with Crippen molar-refractivity contribution >= 4 is 5.71 Å². The lowest BCUT2D eigenvalue weighted by atomic mass is 9.93. The molecule has 1 unspecified atom stereocenters. The van der Waals surface area contributed by atoms with Crippen LogP contribution in [0.5, 0.6) is 0 Å². The Morgan fingerprint density at radius 2 is 1.85 bits per heavy atom. The molecule has 0 radical (unpaired) electrons. The van der Waals surface area contributed by atoms with Gasteiger partial charge in [-0.25, -0.2) is 0 Å². The fourth-order valence-corrected chi connectivity index (χ4v) is 2.81. The molecule has 1 aliphatic heterocycles. The Labute approximate surface area is 119 Å². The molecule has 0 saturated heterocycles. The van der Waals surface area contributed by atoms with Gasteiger partial charge in [-0.1, -0.05) is 26.0 Å². The Hall–Kier alpha value is -1.97. The molecule has 2 heterocycles. The van der Waals surface area contributed by atoms with Crippen LogP contribution in [-0.4, -0.2) is 27.3 Å². The molecule has 0 N–H and O–H groups in total. The van der Waals surface area contributed by atoms with Crippen LogP contribution in [0.25, 0.3) is 5.69 Å². The second-order valence-corrected chi connectivity index (χ2v) is 5.85. The van der Waals surface area contributed by atoms with E-state index in [9.17, 15) is 0 Å². The predicted octanol–water partition coefficient (Wildman–Crippen LogP) is 3.12. The van der Waals surface area contributed by atoms with Crippen LogP contribution < -0.4 is 0 Å². The average Bonchev–Trinajstić information content (AvgIpc) is 3.09. The lowest BCUT2D eigenvalue weighted by Gasteiger charge is -2.11. The number of rotatable bonds is 4. The third-order valence-electron chi connectivity index (χ3n) is 3.68. The third kappa shape index (κ3) is 2.79. The first-order valence-corrected chi connectivity index (χ1v) is 7.23. The maximum atomic E-state index is 4.71. The summed E-state index contributed by atoms with van der Waals surface area (Å²) in [7, 11) is 0. The smallest absolute Gasteiger partial charge is 0.0857 e. The SMILES string of the molecule is CC(C)CC1CN=C(c2ccc(-n3nccn3)cc2)C1. The molecule has 0 amide bonds. The van der Waals surface area contributed by atoms with Gasteiger partial charge in [-0.15, -0.1) is 0 Å². The third-order valence-corrected chi connectivity index (χ3v) is 3.68. The molecular formula is C16H20N4. The van der Waals surface area contributed by atoms with E-state index < -0.39 is 0 Å². The Kier molecular flexibility index (Phi) is 3.63. The summed E-state index contributed by atoms with van der Waals surface area (Å²) in [5.74, 6) is 1.47. The van der Waals surface area contributed by atoms with Crippen LogP contribution in [0.2, 0.25) is 0 Å². The Morgan fingerprint density at radius 3 is 2.50 bits per heavy atom. The van der Waals surface area contributed by atoms with E-state index in [4.69, 9.17) is 4.99 Å². The first-order valence-electron chi connectivity index (χ1n) is 7.23. The monoisotopic (exact) mass is 268 g/mol. The van der Waals surface area contributed by atoms with E-state index in [-0.39, 0.29) is 0 Å². The lowest BCUT2D eigenvalue weighted by Crippen LogP contribution is -2.07. The second-order valence-electron chi connectivity index (χ2n) is 5.85. The van der Waals surface area contributed by atoms with Gasteiger partial charge in [-0.2, -0.15) is 15.0 Å². The van der Waals surface area contributed by atoms with Crippen LogP contribution >= 0.6 is 0 Å². The summed E-state index contributed by atoms with van der Waals surface area (Å²) >= 11 is 0. The Balaban J connectivity index is 1.70. The van der Waals surface area contributed by atoms with Crippen LogP contribution in [0, 0.1) is 11.8 Å². The highest BCUT2D eigenvalue weighted by molar-refractivity contribution is 6.01. The van der Waals surface area contributed by atoms with Crippen molar-refractivity contribution < 1.29 is 0 Å². The van der Waals surface area contributed by atoms with Crippen LogP contribution in [0.15, 0.2) is 41.7 Å². The highest BCUT2D eigenvalue weighted by Crippen LogP contribution is 2.24. The van der Waals surface area contributed by atoms with E-state index in [0.29, 0.717) is 0 Å². The van der Waals surface area contributed by atoms with Gasteiger partial charge in [0.2, 0.25) is 0 Å². The molecule has 0 fully saturated rings. The molecule has 1 aliphatic rings. The van der Waals surface area contributed by atoms with Crippen LogP contribution in [0.1, 0.15) is 32.3 Å². The van der Waals surface area contributed by atoms with Gasteiger partial charge in [0.25, 0.3) is 0 Å². The summed E-state index contributed by atoms with van der Waals surface area (Å²) in [6.45, 7) is 5.55. The highest BCUT2D eigenvalue weighted by Gasteiger charge is 2.20. The summed E-state index contributed by atoms with van der Waals surface area (Å²) in [5.41, 5.74) is 3.46. The Bertz CT molecular complexity index is 581. The molecule has 1 aromatic carbocycles. The topological polar surface area (TPSA) is 43.1 Å². The van der Waals surface area contributed by atoms with E-state index in [1.54, 1.807) is 17.2 Å². The number of hydrogen-bond donors (Lipinski definition) is 0. The largest absolute Gasteiger partial charge is 0.289 e. The van der Waals surface area contributed by atoms with Gasteiger partial charge < -0.3 is 0 Å². The minimum Gasteiger partial charge on any atom is -0.289 e. The average molecular weight is 268 g/mol. The van der Waals surface area contributed by atoms with E-state index in [1.165, 1.54) is 17.7 Å². The van der Waals surface area contributed by atoms with Crippen molar-refractivity contribution in [1.82, 2.24) is 15.0 Å². The number of aromatic nitrogens is 3. The first kappa shape index (κ1) is 13.0. The molecule has 0 spiro atoms. The summed E-state index contributed by atoms with van der Waals surface area (Å²) in [4.78, 5) is 6.34. The summed E-state index contributed by atoms with van der Waals surface area (Å²) in [6.07, 6.45) is 5.75. The maximum absolute atomic E-state index is 4.71. The van der Waals surface area contributed by atoms with Crippen molar-refractivity contribution in [3.63, 3.8) is 0 Å². The molecule has 2 aromatic rings. The van der Waals surface area contributed by atoms with Crippen LogP contribution in [0.4, 0.5) is 0 Å². The standard InChI is InChI=1S/C16H20N4/c1-12(2)9-13-10-16(17-11-13)14-3-5-15(6-4-14)20-18-7-8-19-20/h3-8,12-13H,9-11H2,1-2H3. The van der Waals surface area contributed by atoms with Gasteiger partial charge >= 0.3 is 0 Å². The predicted molar refractivity (Wildman–Crippen MR) is 80.3 cm³/mol. The zero-order valence-corrected chi connectivity index (χ0v) is 12.0. The molecule has 4 heteroatoms. The molecule has 4 nitrogen and oxygen atoms in total. The van der Waals surface area contributed by atoms with Gasteiger partial charge in [-0.3, -0.25) is 4.99 Å². The lowest BCUT2D eigenvalue weighted by molar-refractivity contribution is 0.444. The van der Waals surface area contributed by atoms with Gasteiger partial charge in [0.05, 0.1) is 18.1 Å². The number of benzene rings is 1. The molecule has 104 valence electrons. The fourth-order valence-electron chi connectivity index (χ4n) is 2.81. The van der Waals surface area contributed by atoms with Crippen molar-refractivity contribution in [2.45, 2.75) is 26.7 Å². The Morgan fingerprint density at radius 1 is 1.15 bits per heavy atom. The van der Waals surface area contributed by atoms with Crippen molar-refractivity contribution in [3.05, 3.63) is 42.2 Å². The van der Waals surface area contributed by atoms with Crippen molar-refractivity contribution in [1.29, 1.82) is 0 Å². The minimum absolute atomic E-state index is 0.720. The van der Waals surface area contributed by atoms with E-state index in [0.717, 1.165) is 30.5 Å². The molecular weight excluding hydrogens is 248 g/mol. The number of hydrogen-bond acceptors (Lipinski definition) is 3. The highest BCUT2D eigenvalue weighted by atomic mass is 15.5. The number of aliphatic imine (C=N–C) groups is 1. The molecule has 0 saturated carbocycles. The van der Waals surface area contributed by atoms with Gasteiger partial charge in [0.1, 0.15) is 0 Å². The van der Waals surface area contributed by atoms with Crippen LogP contribution in [-0.2, 0) is 0 Å². The molecule has 1 aromatic heterocycles. The minimum atomic E-state index is 0.720. The van der Waals surface area contributed by atoms with E-state index in [1.807, 2.05) is 12.1 Å². The normalized spacial score (nSPS) is 18.6. The van der Waals surface area contributed by atoms with Gasteiger partial charge in [0.15, 0.2) is 0 Å². The number of nitrogens with zero attached hydrogens (tertiary/aromatic N) is 4. The van der Waals surface area contributed by atoms with Crippen molar-refractivity contribution in [3.8, 4) is 5.69 Å². The second kappa shape index (κ2) is 5.57. The fraction of sp³-hybridized carbons (Fsp3) is 0.438. The molecule has 1 atom stereocenters. The maximum Gasteiger partial charge on any atom is 0.0857 e. The zero-order valence-electron chi connectivity index (χ0n) is 12.0. The summed E-state index contributed by atoms with van der Waals surface area (Å²) in [6, 6.07) is 8.34. The first-order chi connectivity index (χ1) is 9.72. The van der Waals surface area contributed by atoms with Gasteiger partial charge in [0, 0.05) is 12.3 Å².